The summed E-state index contributed by atoms with van der Waals surface area (Å²) in [7, 11) is -1.97. The Hall–Kier alpha value is -1.60. The van der Waals surface area contributed by atoms with E-state index in [1.165, 1.54) is 21.0 Å². The SMILES string of the molecule is CC1CC(C)CN(S(=O)(=O)c2ccc3c(c2)oc(=O)n3C)C1. The number of hydrogen-bond donors (Lipinski definition) is 0. The Morgan fingerprint density at radius 2 is 1.82 bits per heavy atom. The van der Waals surface area contributed by atoms with Crippen LogP contribution in [0.25, 0.3) is 11.1 Å². The first-order valence-electron chi connectivity index (χ1n) is 7.39. The van der Waals surface area contributed by atoms with Gasteiger partial charge in [-0.3, -0.25) is 4.57 Å². The van der Waals surface area contributed by atoms with E-state index in [1.54, 1.807) is 13.1 Å². The molecule has 1 aromatic heterocycles. The van der Waals surface area contributed by atoms with Crippen molar-refractivity contribution < 1.29 is 12.8 Å². The molecule has 0 saturated carbocycles. The predicted molar refractivity (Wildman–Crippen MR) is 83.2 cm³/mol. The molecule has 0 bridgehead atoms. The van der Waals surface area contributed by atoms with E-state index in [2.05, 4.69) is 13.8 Å². The molecule has 0 amide bonds. The minimum Gasteiger partial charge on any atom is -0.408 e. The summed E-state index contributed by atoms with van der Waals surface area (Å²) in [6, 6.07) is 4.59. The van der Waals surface area contributed by atoms with Gasteiger partial charge >= 0.3 is 5.76 Å². The van der Waals surface area contributed by atoms with Gasteiger partial charge in [0.15, 0.2) is 5.58 Å². The zero-order chi connectivity index (χ0) is 16.1. The number of hydrogen-bond acceptors (Lipinski definition) is 4. The van der Waals surface area contributed by atoms with Crippen molar-refractivity contribution in [2.24, 2.45) is 18.9 Å². The summed E-state index contributed by atoms with van der Waals surface area (Å²) in [5.74, 6) is 0.193. The van der Waals surface area contributed by atoms with Crippen molar-refractivity contribution in [1.29, 1.82) is 0 Å². The number of sulfonamides is 1. The standard InChI is InChI=1S/C15H20N2O4S/c1-10-6-11(2)9-17(8-10)22(19,20)12-4-5-13-14(7-12)21-15(18)16(13)3/h4-5,7,10-11H,6,8-9H2,1-3H3. The summed E-state index contributed by atoms with van der Waals surface area (Å²) in [6.45, 7) is 5.20. The number of benzene rings is 1. The molecular formula is C15H20N2O4S. The molecule has 0 N–H and O–H groups in total. The lowest BCUT2D eigenvalue weighted by Gasteiger charge is -2.34. The highest BCUT2D eigenvalue weighted by Gasteiger charge is 2.32. The summed E-state index contributed by atoms with van der Waals surface area (Å²) in [5, 5.41) is 0. The number of rotatable bonds is 2. The van der Waals surface area contributed by atoms with E-state index in [-0.39, 0.29) is 4.90 Å². The second-order valence-corrected chi connectivity index (χ2v) is 8.26. The second-order valence-electron chi connectivity index (χ2n) is 6.32. The first-order chi connectivity index (χ1) is 10.3. The molecule has 2 aromatic rings. The van der Waals surface area contributed by atoms with Crippen LogP contribution in [0.3, 0.4) is 0 Å². The van der Waals surface area contributed by atoms with Gasteiger partial charge in [0.25, 0.3) is 0 Å². The van der Waals surface area contributed by atoms with Crippen LogP contribution >= 0.6 is 0 Å². The summed E-state index contributed by atoms with van der Waals surface area (Å²) in [5.41, 5.74) is 0.885. The largest absolute Gasteiger partial charge is 0.419 e. The fraction of sp³-hybridized carbons (Fsp3) is 0.533. The Labute approximate surface area is 129 Å². The van der Waals surface area contributed by atoms with Crippen LogP contribution < -0.4 is 5.76 Å². The average Bonchev–Trinajstić information content (AvgIpc) is 2.72. The summed E-state index contributed by atoms with van der Waals surface area (Å²) >= 11 is 0. The molecule has 1 fully saturated rings. The van der Waals surface area contributed by atoms with E-state index in [4.69, 9.17) is 4.42 Å². The summed E-state index contributed by atoms with van der Waals surface area (Å²) in [4.78, 5) is 11.7. The molecule has 2 atom stereocenters. The maximum Gasteiger partial charge on any atom is 0.419 e. The van der Waals surface area contributed by atoms with Gasteiger partial charge in [-0.2, -0.15) is 4.31 Å². The number of fused-ring (bicyclic) bond motifs is 1. The normalized spacial score (nSPS) is 24.0. The van der Waals surface area contributed by atoms with Crippen LogP contribution in [0.2, 0.25) is 0 Å². The van der Waals surface area contributed by atoms with Crippen LogP contribution in [-0.2, 0) is 17.1 Å². The minimum atomic E-state index is -3.56. The molecule has 0 spiro atoms. The van der Waals surface area contributed by atoms with E-state index in [1.807, 2.05) is 0 Å². The Kier molecular flexibility index (Phi) is 3.65. The highest BCUT2D eigenvalue weighted by atomic mass is 32.2. The molecule has 1 aliphatic rings. The quantitative estimate of drug-likeness (QED) is 0.844. The van der Waals surface area contributed by atoms with Crippen molar-refractivity contribution >= 4 is 21.1 Å². The minimum absolute atomic E-state index is 0.177. The smallest absolute Gasteiger partial charge is 0.408 e. The van der Waals surface area contributed by atoms with E-state index in [0.717, 1.165) is 6.42 Å². The Morgan fingerprint density at radius 3 is 2.45 bits per heavy atom. The van der Waals surface area contributed by atoms with Gasteiger partial charge in [-0.05, 0) is 30.4 Å². The molecule has 120 valence electrons. The third-order valence-corrected chi connectivity index (χ3v) is 6.06. The molecular weight excluding hydrogens is 304 g/mol. The second kappa shape index (κ2) is 5.24. The lowest BCUT2D eigenvalue weighted by molar-refractivity contribution is 0.222. The molecule has 6 nitrogen and oxygen atoms in total. The molecule has 0 aliphatic carbocycles. The Balaban J connectivity index is 2.03. The van der Waals surface area contributed by atoms with Gasteiger partial charge in [-0.1, -0.05) is 13.8 Å². The molecule has 2 unspecified atom stereocenters. The van der Waals surface area contributed by atoms with Gasteiger partial charge in [0, 0.05) is 26.2 Å². The highest BCUT2D eigenvalue weighted by Crippen LogP contribution is 2.28. The van der Waals surface area contributed by atoms with Crippen LogP contribution in [0.5, 0.6) is 0 Å². The first kappa shape index (κ1) is 15.3. The lowest BCUT2D eigenvalue weighted by Crippen LogP contribution is -2.42. The predicted octanol–water partition coefficient (Wildman–Crippen LogP) is 1.80. The van der Waals surface area contributed by atoms with Crippen molar-refractivity contribution in [3.63, 3.8) is 0 Å². The van der Waals surface area contributed by atoms with Gasteiger partial charge in [0.05, 0.1) is 10.4 Å². The molecule has 22 heavy (non-hydrogen) atoms. The van der Waals surface area contributed by atoms with Gasteiger partial charge in [-0.15, -0.1) is 0 Å². The maximum atomic E-state index is 12.8. The number of oxazole rings is 1. The summed E-state index contributed by atoms with van der Waals surface area (Å²) in [6.07, 6.45) is 1.04. The Morgan fingerprint density at radius 1 is 1.18 bits per heavy atom. The Bertz CT molecular complexity index is 855. The van der Waals surface area contributed by atoms with E-state index >= 15 is 0 Å². The van der Waals surface area contributed by atoms with E-state index in [9.17, 15) is 13.2 Å². The zero-order valence-corrected chi connectivity index (χ0v) is 13.8. The highest BCUT2D eigenvalue weighted by molar-refractivity contribution is 7.89. The topological polar surface area (TPSA) is 72.5 Å². The fourth-order valence-electron chi connectivity index (χ4n) is 3.23. The third kappa shape index (κ3) is 2.48. The molecule has 1 aromatic carbocycles. The summed E-state index contributed by atoms with van der Waals surface area (Å²) < 4.78 is 33.6. The monoisotopic (exact) mass is 324 g/mol. The fourth-order valence-corrected chi connectivity index (χ4v) is 4.92. The van der Waals surface area contributed by atoms with Gasteiger partial charge < -0.3 is 4.42 Å². The maximum absolute atomic E-state index is 12.8. The molecule has 7 heteroatoms. The van der Waals surface area contributed by atoms with Crippen LogP contribution in [0.15, 0.2) is 32.3 Å². The van der Waals surface area contributed by atoms with Gasteiger partial charge in [-0.25, -0.2) is 13.2 Å². The van der Waals surface area contributed by atoms with Gasteiger partial charge in [0.2, 0.25) is 10.0 Å². The van der Waals surface area contributed by atoms with Crippen LogP contribution in [0.1, 0.15) is 20.3 Å². The molecule has 2 heterocycles. The van der Waals surface area contributed by atoms with Crippen LogP contribution in [0.4, 0.5) is 0 Å². The number of nitrogens with zero attached hydrogens (tertiary/aromatic N) is 2. The van der Waals surface area contributed by atoms with Crippen molar-refractivity contribution in [3.8, 4) is 0 Å². The van der Waals surface area contributed by atoms with Gasteiger partial charge in [0.1, 0.15) is 0 Å². The lowest BCUT2D eigenvalue weighted by atomic mass is 9.94. The average molecular weight is 324 g/mol. The van der Waals surface area contributed by atoms with E-state index < -0.39 is 15.8 Å². The molecule has 1 saturated heterocycles. The number of aromatic nitrogens is 1. The van der Waals surface area contributed by atoms with Crippen molar-refractivity contribution in [3.05, 3.63) is 28.7 Å². The number of aryl methyl sites for hydroxylation is 1. The first-order valence-corrected chi connectivity index (χ1v) is 8.83. The van der Waals surface area contributed by atoms with Crippen LogP contribution in [0, 0.1) is 11.8 Å². The van der Waals surface area contributed by atoms with E-state index in [0.29, 0.717) is 36.0 Å². The van der Waals surface area contributed by atoms with Crippen molar-refractivity contribution in [2.75, 3.05) is 13.1 Å². The third-order valence-electron chi connectivity index (χ3n) is 4.24. The van der Waals surface area contributed by atoms with Crippen LogP contribution in [-0.4, -0.2) is 30.4 Å². The molecule has 0 radical (unpaired) electrons. The molecule has 1 aliphatic heterocycles. The van der Waals surface area contributed by atoms with Crippen molar-refractivity contribution in [1.82, 2.24) is 8.87 Å². The zero-order valence-electron chi connectivity index (χ0n) is 12.9. The van der Waals surface area contributed by atoms with Crippen molar-refractivity contribution in [2.45, 2.75) is 25.2 Å². The number of piperidine rings is 1. The molecule has 3 rings (SSSR count).